The summed E-state index contributed by atoms with van der Waals surface area (Å²) in [6.45, 7) is 10.7. The minimum Gasteiger partial charge on any atom is -0.311 e. The van der Waals surface area contributed by atoms with Gasteiger partial charge in [-0.25, -0.2) is 0 Å². The van der Waals surface area contributed by atoms with Crippen molar-refractivity contribution in [1.82, 2.24) is 10.2 Å². The second-order valence-corrected chi connectivity index (χ2v) is 7.02. The van der Waals surface area contributed by atoms with E-state index >= 15 is 0 Å². The molecule has 0 radical (unpaired) electrons. The summed E-state index contributed by atoms with van der Waals surface area (Å²) in [6.07, 6.45) is 3.80. The molecule has 2 nitrogen and oxygen atoms in total. The van der Waals surface area contributed by atoms with Crippen molar-refractivity contribution in [2.24, 2.45) is 5.92 Å². The van der Waals surface area contributed by atoms with Gasteiger partial charge in [-0.3, -0.25) is 4.90 Å². The molecule has 2 aliphatic rings. The molecule has 0 spiro atoms. The Kier molecular flexibility index (Phi) is 4.66. The van der Waals surface area contributed by atoms with Crippen LogP contribution in [-0.4, -0.2) is 36.6 Å². The normalized spacial score (nSPS) is 30.5. The summed E-state index contributed by atoms with van der Waals surface area (Å²) in [5.41, 5.74) is 3.18. The van der Waals surface area contributed by atoms with Gasteiger partial charge in [0.05, 0.1) is 0 Å². The molecule has 0 amide bonds. The average Bonchev–Trinajstić information content (AvgIpc) is 2.51. The summed E-state index contributed by atoms with van der Waals surface area (Å²) in [4.78, 5) is 2.79. The molecule has 1 saturated heterocycles. The van der Waals surface area contributed by atoms with Gasteiger partial charge in [-0.2, -0.15) is 0 Å². The van der Waals surface area contributed by atoms with Gasteiger partial charge in [0.2, 0.25) is 0 Å². The summed E-state index contributed by atoms with van der Waals surface area (Å²) in [7, 11) is 0. The van der Waals surface area contributed by atoms with E-state index in [-0.39, 0.29) is 0 Å². The molecular weight excluding hydrogens is 256 g/mol. The molecule has 0 aromatic heterocycles. The van der Waals surface area contributed by atoms with Crippen LogP contribution >= 0.6 is 0 Å². The molecule has 4 atom stereocenters. The first-order valence-corrected chi connectivity index (χ1v) is 8.78. The van der Waals surface area contributed by atoms with Crippen LogP contribution in [0.1, 0.15) is 50.7 Å². The molecule has 1 heterocycles. The van der Waals surface area contributed by atoms with Crippen LogP contribution in [0.4, 0.5) is 0 Å². The monoisotopic (exact) mass is 286 g/mol. The number of hydrogen-bond donors (Lipinski definition) is 1. The molecule has 116 valence electrons. The zero-order valence-corrected chi connectivity index (χ0v) is 13.8. The zero-order valence-electron chi connectivity index (χ0n) is 13.8. The molecule has 1 aliphatic carbocycles. The number of fused-ring (bicyclic) bond motifs is 1. The standard InChI is InChI=1S/C19H30N2/c1-4-14(3)19-11-20-17(5-2)13-21(19)12-16-10-15-8-6-7-9-18(15)16/h6-9,14,16-17,19-20H,4-5,10-13H2,1-3H3. The first-order chi connectivity index (χ1) is 10.2. The Hall–Kier alpha value is -0.860. The molecule has 1 aromatic rings. The lowest BCUT2D eigenvalue weighted by Crippen LogP contribution is -2.59. The predicted molar refractivity (Wildman–Crippen MR) is 89.8 cm³/mol. The van der Waals surface area contributed by atoms with Gasteiger partial charge in [-0.1, -0.05) is 51.5 Å². The highest BCUT2D eigenvalue weighted by Gasteiger charge is 2.34. The first-order valence-electron chi connectivity index (χ1n) is 8.78. The van der Waals surface area contributed by atoms with E-state index in [0.717, 1.165) is 11.8 Å². The SMILES string of the molecule is CCC1CN(CC2Cc3ccccc32)C(C(C)CC)CN1. The van der Waals surface area contributed by atoms with Crippen molar-refractivity contribution in [3.63, 3.8) is 0 Å². The molecular formula is C19H30N2. The van der Waals surface area contributed by atoms with Gasteiger partial charge in [0.15, 0.2) is 0 Å². The van der Waals surface area contributed by atoms with Gasteiger partial charge < -0.3 is 5.32 Å². The fraction of sp³-hybridized carbons (Fsp3) is 0.684. The summed E-state index contributed by atoms with van der Waals surface area (Å²) in [6, 6.07) is 10.4. The van der Waals surface area contributed by atoms with E-state index < -0.39 is 0 Å². The summed E-state index contributed by atoms with van der Waals surface area (Å²) in [5, 5.41) is 3.75. The van der Waals surface area contributed by atoms with Gasteiger partial charge in [-0.15, -0.1) is 0 Å². The smallest absolute Gasteiger partial charge is 0.0247 e. The molecule has 1 N–H and O–H groups in total. The van der Waals surface area contributed by atoms with Crippen LogP contribution in [0, 0.1) is 5.92 Å². The van der Waals surface area contributed by atoms with Crippen molar-refractivity contribution in [1.29, 1.82) is 0 Å². The molecule has 0 bridgehead atoms. The van der Waals surface area contributed by atoms with E-state index in [1.165, 1.54) is 38.9 Å². The van der Waals surface area contributed by atoms with E-state index in [0.29, 0.717) is 12.1 Å². The van der Waals surface area contributed by atoms with Crippen molar-refractivity contribution < 1.29 is 0 Å². The summed E-state index contributed by atoms with van der Waals surface area (Å²) < 4.78 is 0. The van der Waals surface area contributed by atoms with Crippen LogP contribution in [0.3, 0.4) is 0 Å². The Morgan fingerprint density at radius 1 is 1.29 bits per heavy atom. The Morgan fingerprint density at radius 2 is 2.10 bits per heavy atom. The predicted octanol–water partition coefficient (Wildman–Crippen LogP) is 3.42. The van der Waals surface area contributed by atoms with Crippen LogP contribution in [-0.2, 0) is 6.42 Å². The minimum atomic E-state index is 0.681. The molecule has 1 aliphatic heterocycles. The van der Waals surface area contributed by atoms with E-state index in [1.54, 1.807) is 11.1 Å². The highest BCUT2D eigenvalue weighted by Crippen LogP contribution is 2.36. The third-order valence-corrected chi connectivity index (χ3v) is 5.75. The van der Waals surface area contributed by atoms with E-state index in [2.05, 4.69) is 55.3 Å². The van der Waals surface area contributed by atoms with Crippen molar-refractivity contribution in [2.45, 2.75) is 58.0 Å². The van der Waals surface area contributed by atoms with Crippen LogP contribution in [0.5, 0.6) is 0 Å². The first kappa shape index (κ1) is 15.1. The Bertz CT molecular complexity index is 470. The Labute approximate surface area is 129 Å². The Morgan fingerprint density at radius 3 is 2.81 bits per heavy atom. The molecule has 1 aromatic carbocycles. The van der Waals surface area contributed by atoms with Crippen molar-refractivity contribution in [2.75, 3.05) is 19.6 Å². The number of hydrogen-bond acceptors (Lipinski definition) is 2. The number of benzene rings is 1. The van der Waals surface area contributed by atoms with Gasteiger partial charge in [0.1, 0.15) is 0 Å². The minimum absolute atomic E-state index is 0.681. The Balaban J connectivity index is 1.68. The fourth-order valence-electron chi connectivity index (χ4n) is 4.02. The topological polar surface area (TPSA) is 15.3 Å². The third kappa shape index (κ3) is 3.02. The molecule has 3 rings (SSSR count). The number of piperazine rings is 1. The highest BCUT2D eigenvalue weighted by atomic mass is 15.2. The maximum atomic E-state index is 3.75. The van der Waals surface area contributed by atoms with Gasteiger partial charge in [0.25, 0.3) is 0 Å². The quantitative estimate of drug-likeness (QED) is 0.892. The molecule has 2 heteroatoms. The number of rotatable bonds is 5. The lowest BCUT2D eigenvalue weighted by Gasteiger charge is -2.46. The molecule has 21 heavy (non-hydrogen) atoms. The van der Waals surface area contributed by atoms with Crippen LogP contribution in [0.15, 0.2) is 24.3 Å². The van der Waals surface area contributed by atoms with E-state index in [4.69, 9.17) is 0 Å². The second kappa shape index (κ2) is 6.50. The molecule has 0 saturated carbocycles. The van der Waals surface area contributed by atoms with Crippen molar-refractivity contribution in [3.05, 3.63) is 35.4 Å². The van der Waals surface area contributed by atoms with Gasteiger partial charge in [0, 0.05) is 37.6 Å². The van der Waals surface area contributed by atoms with Gasteiger partial charge >= 0.3 is 0 Å². The third-order valence-electron chi connectivity index (χ3n) is 5.75. The zero-order chi connectivity index (χ0) is 14.8. The van der Waals surface area contributed by atoms with Crippen LogP contribution in [0.25, 0.3) is 0 Å². The number of nitrogens with one attached hydrogen (secondary N) is 1. The fourth-order valence-corrected chi connectivity index (χ4v) is 4.02. The highest BCUT2D eigenvalue weighted by molar-refractivity contribution is 5.40. The van der Waals surface area contributed by atoms with Crippen LogP contribution < -0.4 is 5.32 Å². The van der Waals surface area contributed by atoms with Crippen molar-refractivity contribution >= 4 is 0 Å². The lowest BCUT2D eigenvalue weighted by atomic mass is 9.76. The average molecular weight is 286 g/mol. The maximum Gasteiger partial charge on any atom is 0.0247 e. The summed E-state index contributed by atoms with van der Waals surface area (Å²) in [5.74, 6) is 1.55. The van der Waals surface area contributed by atoms with Crippen molar-refractivity contribution in [3.8, 4) is 0 Å². The van der Waals surface area contributed by atoms with E-state index in [9.17, 15) is 0 Å². The summed E-state index contributed by atoms with van der Waals surface area (Å²) >= 11 is 0. The maximum absolute atomic E-state index is 3.75. The molecule has 1 fully saturated rings. The van der Waals surface area contributed by atoms with Crippen LogP contribution in [0.2, 0.25) is 0 Å². The lowest BCUT2D eigenvalue weighted by molar-refractivity contribution is 0.0814. The molecule has 4 unspecified atom stereocenters. The largest absolute Gasteiger partial charge is 0.311 e. The van der Waals surface area contributed by atoms with Gasteiger partial charge in [-0.05, 0) is 29.9 Å². The second-order valence-electron chi connectivity index (χ2n) is 7.02. The van der Waals surface area contributed by atoms with E-state index in [1.807, 2.05) is 0 Å². The number of nitrogens with zero attached hydrogens (tertiary/aromatic N) is 1.